The summed E-state index contributed by atoms with van der Waals surface area (Å²) in [6.07, 6.45) is 2.65. The Balaban J connectivity index is 1.76. The zero-order valence-corrected chi connectivity index (χ0v) is 15.7. The number of carbonyl (C=O) groups excluding carboxylic acids is 1. The molecule has 0 aliphatic heterocycles. The highest BCUT2D eigenvalue weighted by atomic mass is 32.1. The number of aliphatic carboxylic acids is 1. The van der Waals surface area contributed by atoms with Gasteiger partial charge in [-0.1, -0.05) is 0 Å². The van der Waals surface area contributed by atoms with Crippen molar-refractivity contribution in [2.45, 2.75) is 44.3 Å². The molecule has 7 nitrogen and oxygen atoms in total. The molecule has 1 aliphatic carbocycles. The van der Waals surface area contributed by atoms with Crippen LogP contribution in [-0.4, -0.2) is 32.6 Å². The number of H-pyrrole nitrogens is 1. The highest BCUT2D eigenvalue weighted by molar-refractivity contribution is 7.71. The largest absolute Gasteiger partial charge is 0.481 e. The molecule has 5 N–H and O–H groups in total. The van der Waals surface area contributed by atoms with Gasteiger partial charge >= 0.3 is 5.97 Å². The van der Waals surface area contributed by atoms with Crippen LogP contribution in [0.4, 0.5) is 8.78 Å². The molecule has 2 aromatic rings. The number of nitrogens with two attached hydrogens (primary N) is 1. The van der Waals surface area contributed by atoms with Gasteiger partial charge in [-0.2, -0.15) is 0 Å². The van der Waals surface area contributed by atoms with Crippen LogP contribution in [0.3, 0.4) is 0 Å². The van der Waals surface area contributed by atoms with Gasteiger partial charge in [0.1, 0.15) is 11.6 Å². The first-order valence-electron chi connectivity index (χ1n) is 8.77. The normalized spacial score (nSPS) is 17.0. The van der Waals surface area contributed by atoms with Crippen molar-refractivity contribution in [3.05, 3.63) is 51.6 Å². The Morgan fingerprint density at radius 1 is 1.43 bits per heavy atom. The molecule has 1 amide bonds. The Labute approximate surface area is 164 Å². The maximum atomic E-state index is 14.0. The lowest BCUT2D eigenvalue weighted by atomic mass is 9.87. The molecule has 3 rings (SSSR count). The fourth-order valence-electron chi connectivity index (χ4n) is 3.55. The van der Waals surface area contributed by atoms with Crippen molar-refractivity contribution in [3.8, 4) is 0 Å². The summed E-state index contributed by atoms with van der Waals surface area (Å²) in [5.41, 5.74) is 7.35. The van der Waals surface area contributed by atoms with Gasteiger partial charge < -0.3 is 25.7 Å². The van der Waals surface area contributed by atoms with E-state index in [0.29, 0.717) is 40.9 Å². The predicted octanol–water partition coefficient (Wildman–Crippen LogP) is 1.97. The molecule has 1 heterocycles. The lowest BCUT2D eigenvalue weighted by Crippen LogP contribution is -2.41. The van der Waals surface area contributed by atoms with Gasteiger partial charge in [-0.05, 0) is 48.7 Å². The topological polar surface area (TPSA) is 113 Å². The van der Waals surface area contributed by atoms with E-state index >= 15 is 0 Å². The van der Waals surface area contributed by atoms with Gasteiger partial charge in [0.2, 0.25) is 5.91 Å². The van der Waals surface area contributed by atoms with Gasteiger partial charge in [-0.3, -0.25) is 9.59 Å². The van der Waals surface area contributed by atoms with Crippen LogP contribution in [-0.2, 0) is 29.0 Å². The second-order valence-corrected chi connectivity index (χ2v) is 7.19. The Bertz CT molecular complexity index is 972. The molecular weight excluding hydrogens is 390 g/mol. The quantitative estimate of drug-likeness (QED) is 0.544. The highest BCUT2D eigenvalue weighted by Crippen LogP contribution is 2.32. The van der Waals surface area contributed by atoms with Gasteiger partial charge in [0, 0.05) is 18.3 Å². The number of carboxylic acids is 1. The third kappa shape index (κ3) is 4.28. The Kier molecular flexibility index (Phi) is 5.90. The lowest BCUT2D eigenvalue weighted by molar-refractivity contribution is -0.139. The van der Waals surface area contributed by atoms with Crippen molar-refractivity contribution in [1.29, 1.82) is 0 Å². The number of nitrogens with one attached hydrogen (secondary N) is 2. The van der Waals surface area contributed by atoms with E-state index in [1.807, 2.05) is 4.57 Å². The van der Waals surface area contributed by atoms with Crippen LogP contribution in [0.2, 0.25) is 0 Å². The second-order valence-electron chi connectivity index (χ2n) is 6.80. The molecule has 2 atom stereocenters. The Morgan fingerprint density at radius 2 is 2.18 bits per heavy atom. The second kappa shape index (κ2) is 8.19. The number of imidazole rings is 1. The van der Waals surface area contributed by atoms with Gasteiger partial charge in [0.15, 0.2) is 4.77 Å². The first kappa shape index (κ1) is 20.2. The molecule has 0 saturated carbocycles. The van der Waals surface area contributed by atoms with Crippen molar-refractivity contribution >= 4 is 24.1 Å². The molecule has 0 radical (unpaired) electrons. The summed E-state index contributed by atoms with van der Waals surface area (Å²) in [5, 5.41) is 11.3. The van der Waals surface area contributed by atoms with E-state index in [9.17, 15) is 18.4 Å². The van der Waals surface area contributed by atoms with E-state index in [-0.39, 0.29) is 12.6 Å². The van der Waals surface area contributed by atoms with Crippen LogP contribution in [0.25, 0.3) is 0 Å². The highest BCUT2D eigenvalue weighted by Gasteiger charge is 2.25. The minimum absolute atomic E-state index is 0.0974. The molecule has 0 fully saturated rings. The van der Waals surface area contributed by atoms with Gasteiger partial charge in [-0.25, -0.2) is 8.78 Å². The number of halogens is 2. The Morgan fingerprint density at radius 3 is 2.89 bits per heavy atom. The fraction of sp³-hybridized carbons (Fsp3) is 0.389. The molecule has 150 valence electrons. The number of aromatic amines is 1. The molecular formula is C18H20F2N4O3S. The summed E-state index contributed by atoms with van der Waals surface area (Å²) in [6.45, 7) is 0.0974. The number of carbonyl (C=O) groups is 2. The number of aromatic nitrogens is 2. The van der Waals surface area contributed by atoms with E-state index in [2.05, 4.69) is 10.3 Å². The summed E-state index contributed by atoms with van der Waals surface area (Å²) >= 11 is 5.34. The zero-order valence-electron chi connectivity index (χ0n) is 14.9. The number of benzene rings is 1. The van der Waals surface area contributed by atoms with E-state index in [0.717, 1.165) is 6.07 Å². The van der Waals surface area contributed by atoms with Gasteiger partial charge in [0.05, 0.1) is 24.7 Å². The van der Waals surface area contributed by atoms with Crippen LogP contribution < -0.4 is 11.1 Å². The standard InChI is InChI=1S/C18H20F2N4O3S/c19-10-3-9-4-11(1-2-13(9)14(20)5-10)24-12(8-23-18(24)28)7-22-17(27)15(21)6-16(25)26/h3,5,8,11,15H,1-2,4,6-7,21H2,(H,22,27)(H,23,28)(H,25,26)/t11-,15-/m0/s1. The van der Waals surface area contributed by atoms with Crippen molar-refractivity contribution < 1.29 is 23.5 Å². The molecule has 28 heavy (non-hydrogen) atoms. The molecule has 1 aromatic heterocycles. The zero-order chi connectivity index (χ0) is 20.4. The average Bonchev–Trinajstić information content (AvgIpc) is 2.98. The summed E-state index contributed by atoms with van der Waals surface area (Å²) in [5.74, 6) is -2.90. The number of carboxylic acid groups (broad SMARTS) is 1. The van der Waals surface area contributed by atoms with Crippen LogP contribution in [0.15, 0.2) is 18.3 Å². The number of hydrogen-bond donors (Lipinski definition) is 4. The van der Waals surface area contributed by atoms with Crippen LogP contribution in [0.1, 0.15) is 35.7 Å². The molecule has 0 spiro atoms. The van der Waals surface area contributed by atoms with E-state index in [1.165, 1.54) is 6.07 Å². The first-order valence-corrected chi connectivity index (χ1v) is 9.17. The number of rotatable bonds is 6. The summed E-state index contributed by atoms with van der Waals surface area (Å²) in [4.78, 5) is 25.5. The maximum absolute atomic E-state index is 14.0. The monoisotopic (exact) mass is 410 g/mol. The molecule has 0 saturated heterocycles. The minimum Gasteiger partial charge on any atom is -0.481 e. The number of fused-ring (bicyclic) bond motifs is 1. The van der Waals surface area contributed by atoms with Gasteiger partial charge in [-0.15, -0.1) is 0 Å². The third-order valence-corrected chi connectivity index (χ3v) is 5.18. The van der Waals surface area contributed by atoms with Crippen LogP contribution >= 0.6 is 12.2 Å². The fourth-order valence-corrected chi connectivity index (χ4v) is 3.87. The third-order valence-electron chi connectivity index (χ3n) is 4.87. The predicted molar refractivity (Wildman–Crippen MR) is 99.1 cm³/mol. The molecule has 10 heteroatoms. The van der Waals surface area contributed by atoms with E-state index in [4.69, 9.17) is 23.1 Å². The Hall–Kier alpha value is -2.59. The van der Waals surface area contributed by atoms with E-state index in [1.54, 1.807) is 6.20 Å². The molecule has 0 unspecified atom stereocenters. The van der Waals surface area contributed by atoms with Crippen molar-refractivity contribution in [2.24, 2.45) is 5.73 Å². The smallest absolute Gasteiger partial charge is 0.305 e. The minimum atomic E-state index is -1.16. The SMILES string of the molecule is N[C@@H](CC(=O)O)C(=O)NCc1c[nH]c(=S)n1[C@H]1CCc2c(F)cc(F)cc2C1. The lowest BCUT2D eigenvalue weighted by Gasteiger charge is -2.27. The first-order chi connectivity index (χ1) is 13.3. The van der Waals surface area contributed by atoms with Crippen LogP contribution in [0.5, 0.6) is 0 Å². The molecule has 1 aliphatic rings. The number of amides is 1. The number of hydrogen-bond acceptors (Lipinski definition) is 4. The summed E-state index contributed by atoms with van der Waals surface area (Å²) < 4.78 is 29.8. The van der Waals surface area contributed by atoms with Crippen molar-refractivity contribution in [1.82, 2.24) is 14.9 Å². The number of nitrogens with zero attached hydrogens (tertiary/aromatic N) is 1. The molecule has 1 aromatic carbocycles. The van der Waals surface area contributed by atoms with E-state index < -0.39 is 36.0 Å². The van der Waals surface area contributed by atoms with Crippen molar-refractivity contribution in [3.63, 3.8) is 0 Å². The summed E-state index contributed by atoms with van der Waals surface area (Å²) in [7, 11) is 0. The maximum Gasteiger partial charge on any atom is 0.305 e. The molecule has 0 bridgehead atoms. The van der Waals surface area contributed by atoms with Crippen molar-refractivity contribution in [2.75, 3.05) is 0 Å². The van der Waals surface area contributed by atoms with Gasteiger partial charge in [0.25, 0.3) is 0 Å². The van der Waals surface area contributed by atoms with Crippen LogP contribution in [0, 0.1) is 16.4 Å². The average molecular weight is 410 g/mol. The summed E-state index contributed by atoms with van der Waals surface area (Å²) in [6, 6.07) is 0.961.